The topological polar surface area (TPSA) is 12.0 Å². The maximum Gasteiger partial charge on any atom is 0.0722 e. The van der Waals surface area contributed by atoms with Crippen LogP contribution in [-0.2, 0) is 0 Å². The van der Waals surface area contributed by atoms with E-state index in [0.717, 1.165) is 18.5 Å². The van der Waals surface area contributed by atoms with Gasteiger partial charge in [-0.1, -0.05) is 40.9 Å². The lowest BCUT2D eigenvalue weighted by Crippen LogP contribution is -2.15. The summed E-state index contributed by atoms with van der Waals surface area (Å²) in [5.74, 6) is 0. The van der Waals surface area contributed by atoms with Crippen molar-refractivity contribution in [1.82, 2.24) is 0 Å². The third-order valence-electron chi connectivity index (χ3n) is 2.20. The minimum atomic E-state index is 0.286. The molecule has 0 amide bonds. The maximum atomic E-state index is 6.06. The Morgan fingerprint density at radius 3 is 2.38 bits per heavy atom. The van der Waals surface area contributed by atoms with Crippen LogP contribution >= 0.6 is 34.8 Å². The van der Waals surface area contributed by atoms with Gasteiger partial charge >= 0.3 is 0 Å². The molecule has 16 heavy (non-hydrogen) atoms. The summed E-state index contributed by atoms with van der Waals surface area (Å²) < 4.78 is 0. The van der Waals surface area contributed by atoms with Gasteiger partial charge in [-0.05, 0) is 31.9 Å². The van der Waals surface area contributed by atoms with Gasteiger partial charge in [-0.25, -0.2) is 0 Å². The van der Waals surface area contributed by atoms with Crippen LogP contribution in [0, 0.1) is 0 Å². The van der Waals surface area contributed by atoms with E-state index in [0.29, 0.717) is 15.1 Å². The zero-order valence-electron chi connectivity index (χ0n) is 9.06. The molecule has 0 heterocycles. The number of allylic oxidation sites excluding steroid dienone is 1. The Morgan fingerprint density at radius 1 is 1.31 bits per heavy atom. The molecule has 0 aliphatic carbocycles. The van der Waals surface area contributed by atoms with Crippen molar-refractivity contribution in [2.24, 2.45) is 0 Å². The van der Waals surface area contributed by atoms with E-state index in [2.05, 4.69) is 18.8 Å². The first-order valence-corrected chi connectivity index (χ1v) is 6.20. The first-order chi connectivity index (χ1) is 7.54. The maximum absolute atomic E-state index is 6.06. The molecule has 1 aromatic carbocycles. The fourth-order valence-electron chi connectivity index (χ4n) is 1.37. The molecule has 1 atom stereocenters. The van der Waals surface area contributed by atoms with E-state index >= 15 is 0 Å². The predicted molar refractivity (Wildman–Crippen MR) is 74.0 cm³/mol. The molecular formula is C12H14Cl3N. The van der Waals surface area contributed by atoms with Crippen LogP contribution in [0.25, 0.3) is 0 Å². The molecule has 0 fully saturated rings. The van der Waals surface area contributed by atoms with Crippen LogP contribution in [0.2, 0.25) is 15.1 Å². The Labute approximate surface area is 111 Å². The average Bonchev–Trinajstić information content (AvgIpc) is 2.20. The first kappa shape index (κ1) is 13.7. The molecule has 1 N–H and O–H groups in total. The molecule has 0 aliphatic rings. The van der Waals surface area contributed by atoms with Gasteiger partial charge in [-0.3, -0.25) is 0 Å². The van der Waals surface area contributed by atoms with Gasteiger partial charge in [0, 0.05) is 11.1 Å². The van der Waals surface area contributed by atoms with Crippen molar-refractivity contribution in [3.05, 3.63) is 39.9 Å². The summed E-state index contributed by atoms with van der Waals surface area (Å²) in [5, 5.41) is 4.90. The van der Waals surface area contributed by atoms with Crippen molar-refractivity contribution >= 4 is 40.5 Å². The van der Waals surface area contributed by atoms with E-state index in [-0.39, 0.29) is 6.04 Å². The van der Waals surface area contributed by atoms with Crippen LogP contribution in [0.5, 0.6) is 0 Å². The molecule has 0 saturated heterocycles. The molecule has 1 rings (SSSR count). The largest absolute Gasteiger partial charge is 0.380 e. The normalized spacial score (nSPS) is 12.2. The van der Waals surface area contributed by atoms with Gasteiger partial charge in [0.05, 0.1) is 15.7 Å². The summed E-state index contributed by atoms with van der Waals surface area (Å²) >= 11 is 18.0. The standard InChI is InChI=1S/C12H14Cl3N/c1-3-4-5-8(2)16-12-10(14)6-9(13)7-11(12)15/h3,6-8,16H,1,4-5H2,2H3. The lowest BCUT2D eigenvalue weighted by Gasteiger charge is -2.17. The van der Waals surface area contributed by atoms with Crippen LogP contribution in [0.15, 0.2) is 24.8 Å². The van der Waals surface area contributed by atoms with Crippen LogP contribution in [-0.4, -0.2) is 6.04 Å². The molecule has 0 bridgehead atoms. The van der Waals surface area contributed by atoms with E-state index in [9.17, 15) is 0 Å². The minimum Gasteiger partial charge on any atom is -0.380 e. The highest BCUT2D eigenvalue weighted by Crippen LogP contribution is 2.34. The summed E-state index contributed by atoms with van der Waals surface area (Å²) in [7, 11) is 0. The van der Waals surface area contributed by atoms with Crippen molar-refractivity contribution in [3.8, 4) is 0 Å². The molecule has 0 aromatic heterocycles. The Bertz CT molecular complexity index is 354. The molecule has 1 aromatic rings. The Hall–Kier alpha value is -0.370. The van der Waals surface area contributed by atoms with Gasteiger partial charge in [-0.2, -0.15) is 0 Å². The van der Waals surface area contributed by atoms with E-state index < -0.39 is 0 Å². The highest BCUT2D eigenvalue weighted by atomic mass is 35.5. The second-order valence-electron chi connectivity index (χ2n) is 3.66. The molecule has 1 nitrogen and oxygen atoms in total. The summed E-state index contributed by atoms with van der Waals surface area (Å²) in [6, 6.07) is 3.64. The number of nitrogens with one attached hydrogen (secondary N) is 1. The van der Waals surface area contributed by atoms with Crippen LogP contribution in [0.1, 0.15) is 19.8 Å². The van der Waals surface area contributed by atoms with E-state index in [1.165, 1.54) is 0 Å². The lowest BCUT2D eigenvalue weighted by molar-refractivity contribution is 0.719. The van der Waals surface area contributed by atoms with Crippen molar-refractivity contribution in [1.29, 1.82) is 0 Å². The number of hydrogen-bond donors (Lipinski definition) is 1. The number of hydrogen-bond acceptors (Lipinski definition) is 1. The van der Waals surface area contributed by atoms with Crippen LogP contribution in [0.3, 0.4) is 0 Å². The number of anilines is 1. The van der Waals surface area contributed by atoms with Crippen molar-refractivity contribution in [2.75, 3.05) is 5.32 Å². The number of rotatable bonds is 5. The number of halogens is 3. The second kappa shape index (κ2) is 6.39. The van der Waals surface area contributed by atoms with Crippen molar-refractivity contribution < 1.29 is 0 Å². The Balaban J connectivity index is 2.76. The zero-order valence-corrected chi connectivity index (χ0v) is 11.3. The van der Waals surface area contributed by atoms with Gasteiger partial charge < -0.3 is 5.32 Å². The predicted octanol–water partition coefficient (Wildman–Crippen LogP) is 5.41. The molecule has 0 saturated carbocycles. The monoisotopic (exact) mass is 277 g/mol. The minimum absolute atomic E-state index is 0.286. The summed E-state index contributed by atoms with van der Waals surface area (Å²) in [6.07, 6.45) is 3.83. The van der Waals surface area contributed by atoms with Gasteiger partial charge in [-0.15, -0.1) is 6.58 Å². The zero-order chi connectivity index (χ0) is 12.1. The highest BCUT2D eigenvalue weighted by Gasteiger charge is 2.10. The van der Waals surface area contributed by atoms with Gasteiger partial charge in [0.25, 0.3) is 0 Å². The van der Waals surface area contributed by atoms with Gasteiger partial charge in [0.1, 0.15) is 0 Å². The van der Waals surface area contributed by atoms with Gasteiger partial charge in [0.15, 0.2) is 0 Å². The van der Waals surface area contributed by atoms with Crippen molar-refractivity contribution in [3.63, 3.8) is 0 Å². The van der Waals surface area contributed by atoms with E-state index in [1.54, 1.807) is 12.1 Å². The fourth-order valence-corrected chi connectivity index (χ4v) is 2.29. The first-order valence-electron chi connectivity index (χ1n) is 5.06. The number of benzene rings is 1. The summed E-state index contributed by atoms with van der Waals surface area (Å²) in [4.78, 5) is 0. The van der Waals surface area contributed by atoms with E-state index in [4.69, 9.17) is 34.8 Å². The third kappa shape index (κ3) is 3.89. The molecule has 1 unspecified atom stereocenters. The Kier molecular flexibility index (Phi) is 5.47. The van der Waals surface area contributed by atoms with Crippen LogP contribution < -0.4 is 5.32 Å². The van der Waals surface area contributed by atoms with Crippen molar-refractivity contribution in [2.45, 2.75) is 25.8 Å². The highest BCUT2D eigenvalue weighted by molar-refractivity contribution is 6.41. The molecular weight excluding hydrogens is 264 g/mol. The summed E-state index contributed by atoms with van der Waals surface area (Å²) in [6.45, 7) is 5.76. The Morgan fingerprint density at radius 2 is 1.88 bits per heavy atom. The van der Waals surface area contributed by atoms with E-state index in [1.807, 2.05) is 6.08 Å². The third-order valence-corrected chi connectivity index (χ3v) is 3.02. The SMILES string of the molecule is C=CCCC(C)Nc1c(Cl)cc(Cl)cc1Cl. The second-order valence-corrected chi connectivity index (χ2v) is 4.91. The molecule has 4 heteroatoms. The fraction of sp³-hybridized carbons (Fsp3) is 0.333. The quantitative estimate of drug-likeness (QED) is 0.710. The molecule has 0 aliphatic heterocycles. The molecule has 88 valence electrons. The molecule has 0 radical (unpaired) electrons. The van der Waals surface area contributed by atoms with Gasteiger partial charge in [0.2, 0.25) is 0 Å². The molecule has 0 spiro atoms. The summed E-state index contributed by atoms with van der Waals surface area (Å²) in [5.41, 5.74) is 0.740. The average molecular weight is 279 g/mol. The van der Waals surface area contributed by atoms with Crippen LogP contribution in [0.4, 0.5) is 5.69 Å². The lowest BCUT2D eigenvalue weighted by atomic mass is 10.1. The smallest absolute Gasteiger partial charge is 0.0722 e.